The van der Waals surface area contributed by atoms with E-state index in [1.807, 2.05) is 0 Å². The summed E-state index contributed by atoms with van der Waals surface area (Å²) < 4.78 is 8.66. The highest BCUT2D eigenvalue weighted by Gasteiger charge is 2.08. The first kappa shape index (κ1) is 10.3. The molecular formula is C10H4N2O6. The van der Waals surface area contributed by atoms with Gasteiger partial charge in [-0.3, -0.25) is 9.97 Å². The third-order valence-electron chi connectivity index (χ3n) is 2.44. The van der Waals surface area contributed by atoms with E-state index in [0.717, 1.165) is 0 Å². The highest BCUT2D eigenvalue weighted by molar-refractivity contribution is 5.92. The summed E-state index contributed by atoms with van der Waals surface area (Å²) in [6.07, 6.45) is 0. The van der Waals surface area contributed by atoms with Crippen molar-refractivity contribution in [2.45, 2.75) is 0 Å². The molecule has 0 saturated carbocycles. The fourth-order valence-corrected chi connectivity index (χ4v) is 1.69. The Hall–Kier alpha value is -2.90. The first-order chi connectivity index (χ1) is 8.54. The molecule has 3 rings (SSSR count). The Morgan fingerprint density at radius 2 is 1.17 bits per heavy atom. The predicted octanol–water partition coefficient (Wildman–Crippen LogP) is -0.724. The lowest BCUT2D eigenvalue weighted by Gasteiger charge is -1.98. The van der Waals surface area contributed by atoms with E-state index in [1.165, 1.54) is 12.1 Å². The molecule has 0 bridgehead atoms. The Morgan fingerprint density at radius 1 is 0.722 bits per heavy atom. The van der Waals surface area contributed by atoms with E-state index >= 15 is 0 Å². The van der Waals surface area contributed by atoms with Crippen LogP contribution >= 0.6 is 0 Å². The van der Waals surface area contributed by atoms with E-state index < -0.39 is 22.8 Å². The molecule has 0 spiro atoms. The highest BCUT2D eigenvalue weighted by Crippen LogP contribution is 2.12. The second kappa shape index (κ2) is 3.29. The number of benzene rings is 1. The van der Waals surface area contributed by atoms with Crippen molar-refractivity contribution in [1.82, 2.24) is 9.97 Å². The van der Waals surface area contributed by atoms with Crippen molar-refractivity contribution in [1.29, 1.82) is 0 Å². The van der Waals surface area contributed by atoms with Crippen LogP contribution < -0.4 is 22.8 Å². The van der Waals surface area contributed by atoms with Gasteiger partial charge < -0.3 is 8.83 Å². The SMILES string of the molecule is O=c1[nH]c2cc3[nH]c(=O)oc(=O)c3cc2c(=O)o1. The number of H-pyrrole nitrogens is 2. The molecule has 2 heterocycles. The van der Waals surface area contributed by atoms with E-state index in [4.69, 9.17) is 0 Å². The molecule has 8 heteroatoms. The van der Waals surface area contributed by atoms with Crippen LogP contribution in [0, 0.1) is 0 Å². The number of hydrogen-bond acceptors (Lipinski definition) is 6. The fourth-order valence-electron chi connectivity index (χ4n) is 1.69. The van der Waals surface area contributed by atoms with Crippen molar-refractivity contribution >= 4 is 21.8 Å². The van der Waals surface area contributed by atoms with Gasteiger partial charge in [0, 0.05) is 0 Å². The van der Waals surface area contributed by atoms with Crippen LogP contribution in [0.2, 0.25) is 0 Å². The molecule has 0 aliphatic heterocycles. The Bertz CT molecular complexity index is 924. The van der Waals surface area contributed by atoms with Crippen LogP contribution in [-0.2, 0) is 0 Å². The van der Waals surface area contributed by atoms with Crippen molar-refractivity contribution in [3.8, 4) is 0 Å². The van der Waals surface area contributed by atoms with Crippen LogP contribution in [0.15, 0.2) is 40.1 Å². The van der Waals surface area contributed by atoms with Gasteiger partial charge in [0.1, 0.15) is 0 Å². The molecule has 0 atom stereocenters. The maximum atomic E-state index is 11.4. The molecule has 90 valence electrons. The van der Waals surface area contributed by atoms with E-state index in [-0.39, 0.29) is 21.8 Å². The Kier molecular flexibility index (Phi) is 1.88. The van der Waals surface area contributed by atoms with Crippen LogP contribution in [0.1, 0.15) is 0 Å². The number of hydrogen-bond donors (Lipinski definition) is 2. The second-order valence-corrected chi connectivity index (χ2v) is 3.55. The first-order valence-electron chi connectivity index (χ1n) is 4.79. The van der Waals surface area contributed by atoms with Crippen LogP contribution in [0.4, 0.5) is 0 Å². The van der Waals surface area contributed by atoms with Gasteiger partial charge in [0.05, 0.1) is 21.8 Å². The van der Waals surface area contributed by atoms with Crippen molar-refractivity contribution in [2.75, 3.05) is 0 Å². The molecule has 8 nitrogen and oxygen atoms in total. The molecule has 0 unspecified atom stereocenters. The third kappa shape index (κ3) is 1.39. The molecule has 2 aromatic heterocycles. The van der Waals surface area contributed by atoms with Gasteiger partial charge in [0.2, 0.25) is 0 Å². The monoisotopic (exact) mass is 248 g/mol. The van der Waals surface area contributed by atoms with Gasteiger partial charge in [-0.2, -0.15) is 0 Å². The summed E-state index contributed by atoms with van der Waals surface area (Å²) in [6.45, 7) is 0. The molecule has 0 aliphatic carbocycles. The van der Waals surface area contributed by atoms with Crippen LogP contribution in [0.25, 0.3) is 21.8 Å². The van der Waals surface area contributed by atoms with E-state index in [2.05, 4.69) is 18.8 Å². The fraction of sp³-hybridized carbons (Fsp3) is 0. The number of rotatable bonds is 0. The quantitative estimate of drug-likeness (QED) is 0.505. The number of aromatic amines is 2. The average molecular weight is 248 g/mol. The minimum Gasteiger partial charge on any atom is -0.372 e. The van der Waals surface area contributed by atoms with Gasteiger partial charge in [0.15, 0.2) is 0 Å². The standard InChI is InChI=1S/C10H4N2O6/c13-7-3-1-4-6(12-10(16)18-8(4)14)2-5(3)11-9(15)17-7/h1-2H,(H,11,15)(H,12,16). The maximum absolute atomic E-state index is 11.4. The van der Waals surface area contributed by atoms with Crippen LogP contribution in [0.5, 0.6) is 0 Å². The average Bonchev–Trinajstić information content (AvgIpc) is 2.26. The lowest BCUT2D eigenvalue weighted by molar-refractivity contribution is 0.458. The minimum absolute atomic E-state index is 0.0152. The van der Waals surface area contributed by atoms with Crippen LogP contribution in [0.3, 0.4) is 0 Å². The normalized spacial score (nSPS) is 11.1. The highest BCUT2D eigenvalue weighted by atomic mass is 16.4. The molecule has 0 aliphatic rings. The molecule has 2 N–H and O–H groups in total. The summed E-state index contributed by atoms with van der Waals surface area (Å²) in [5.41, 5.74) is -1.43. The van der Waals surface area contributed by atoms with Crippen molar-refractivity contribution in [3.05, 3.63) is 54.1 Å². The first-order valence-corrected chi connectivity index (χ1v) is 4.79. The summed E-state index contributed by atoms with van der Waals surface area (Å²) in [6, 6.07) is 2.48. The zero-order valence-electron chi connectivity index (χ0n) is 8.60. The molecule has 1 aromatic carbocycles. The lowest BCUT2D eigenvalue weighted by atomic mass is 10.2. The summed E-state index contributed by atoms with van der Waals surface area (Å²) in [5.74, 6) is -1.84. The zero-order chi connectivity index (χ0) is 12.9. The maximum Gasteiger partial charge on any atom is 0.419 e. The van der Waals surface area contributed by atoms with Crippen molar-refractivity contribution in [3.63, 3.8) is 0 Å². The van der Waals surface area contributed by atoms with Gasteiger partial charge in [-0.25, -0.2) is 19.2 Å². The molecule has 0 radical (unpaired) electrons. The van der Waals surface area contributed by atoms with Gasteiger partial charge in [-0.15, -0.1) is 0 Å². The number of aromatic nitrogens is 2. The molecule has 0 fully saturated rings. The summed E-state index contributed by atoms with van der Waals surface area (Å²) in [7, 11) is 0. The van der Waals surface area contributed by atoms with Gasteiger partial charge >= 0.3 is 22.8 Å². The Morgan fingerprint density at radius 3 is 1.61 bits per heavy atom. The van der Waals surface area contributed by atoms with E-state index in [9.17, 15) is 19.2 Å². The zero-order valence-corrected chi connectivity index (χ0v) is 8.60. The van der Waals surface area contributed by atoms with E-state index in [0.29, 0.717) is 0 Å². The smallest absolute Gasteiger partial charge is 0.372 e. The van der Waals surface area contributed by atoms with Crippen molar-refractivity contribution in [2.24, 2.45) is 0 Å². The molecular weight excluding hydrogens is 244 g/mol. The topological polar surface area (TPSA) is 126 Å². The summed E-state index contributed by atoms with van der Waals surface area (Å²) in [5, 5.41) is 0.0305. The minimum atomic E-state index is -0.919. The molecule has 0 amide bonds. The lowest BCUT2D eigenvalue weighted by Crippen LogP contribution is -2.17. The number of nitrogens with one attached hydrogen (secondary N) is 2. The van der Waals surface area contributed by atoms with Crippen molar-refractivity contribution < 1.29 is 8.83 Å². The number of fused-ring (bicyclic) bond motifs is 2. The molecule has 18 heavy (non-hydrogen) atoms. The largest absolute Gasteiger partial charge is 0.419 e. The predicted molar refractivity (Wildman–Crippen MR) is 59.8 cm³/mol. The van der Waals surface area contributed by atoms with Gasteiger partial charge in [-0.1, -0.05) is 0 Å². The summed E-state index contributed by atoms with van der Waals surface area (Å²) in [4.78, 5) is 49.4. The van der Waals surface area contributed by atoms with Gasteiger partial charge in [0.25, 0.3) is 0 Å². The summed E-state index contributed by atoms with van der Waals surface area (Å²) >= 11 is 0. The third-order valence-corrected chi connectivity index (χ3v) is 2.44. The molecule has 0 saturated heterocycles. The Balaban J connectivity index is 2.68. The second-order valence-electron chi connectivity index (χ2n) is 3.55. The molecule has 3 aromatic rings. The van der Waals surface area contributed by atoms with Crippen LogP contribution in [-0.4, -0.2) is 9.97 Å². The Labute approximate surface area is 95.5 Å². The van der Waals surface area contributed by atoms with Gasteiger partial charge in [-0.05, 0) is 12.1 Å². The van der Waals surface area contributed by atoms with E-state index in [1.54, 1.807) is 0 Å².